The van der Waals surface area contributed by atoms with E-state index < -0.39 is 0 Å². The third-order valence-corrected chi connectivity index (χ3v) is 3.33. The molecule has 0 aliphatic rings. The van der Waals surface area contributed by atoms with Crippen LogP contribution in [-0.2, 0) is 9.47 Å². The summed E-state index contributed by atoms with van der Waals surface area (Å²) in [6.45, 7) is 16.0. The van der Waals surface area contributed by atoms with Gasteiger partial charge in [0.05, 0.1) is 23.5 Å². The maximum Gasteiger partial charge on any atom is 0.0806 e. The van der Waals surface area contributed by atoms with Crippen LogP contribution in [0.15, 0.2) is 10.1 Å². The highest BCUT2D eigenvalue weighted by Gasteiger charge is 2.23. The molecule has 5 heteroatoms. The van der Waals surface area contributed by atoms with E-state index in [2.05, 4.69) is 44.7 Å². The van der Waals surface area contributed by atoms with Gasteiger partial charge in [0.15, 0.2) is 0 Å². The van der Waals surface area contributed by atoms with Gasteiger partial charge in [0.2, 0.25) is 0 Å². The van der Waals surface area contributed by atoms with Crippen LogP contribution in [-0.4, -0.2) is 43.4 Å². The molecule has 0 heterocycles. The summed E-state index contributed by atoms with van der Waals surface area (Å²) in [6, 6.07) is 0. The molecule has 130 valence electrons. The highest BCUT2D eigenvalue weighted by Crippen LogP contribution is 2.19. The second kappa shape index (κ2) is 8.63. The summed E-state index contributed by atoms with van der Waals surface area (Å²) in [5, 5.41) is 3.83. The van der Waals surface area contributed by atoms with Crippen molar-refractivity contribution < 1.29 is 9.47 Å². The number of aliphatic imine (C=N–C) groups is 1. The molecule has 2 N–H and O–H groups in total. The minimum Gasteiger partial charge on any atom is -0.379 e. The van der Waals surface area contributed by atoms with Crippen LogP contribution in [0.1, 0.15) is 61.3 Å². The second-order valence-corrected chi connectivity index (χ2v) is 8.15. The van der Waals surface area contributed by atoms with Gasteiger partial charge in [-0.05, 0) is 39.5 Å². The maximum atomic E-state index is 5.97. The standard InChI is InChI=1S/C17H35N3O2/c1-15(2,3)13-19-12-14(20-18)11-17(6,7)22-10-9-16(4,5)21-8/h12H,9-11,13,18H2,1-8H3/b19-12?,20-14-. The van der Waals surface area contributed by atoms with E-state index in [0.717, 1.165) is 18.7 Å². The molecule has 0 aliphatic carbocycles. The third-order valence-electron chi connectivity index (χ3n) is 3.33. The summed E-state index contributed by atoms with van der Waals surface area (Å²) in [7, 11) is 1.72. The summed E-state index contributed by atoms with van der Waals surface area (Å²) >= 11 is 0. The van der Waals surface area contributed by atoms with Crippen molar-refractivity contribution in [1.82, 2.24) is 0 Å². The van der Waals surface area contributed by atoms with Crippen LogP contribution in [0.4, 0.5) is 0 Å². The van der Waals surface area contributed by atoms with Gasteiger partial charge in [0.1, 0.15) is 0 Å². The Morgan fingerprint density at radius 3 is 2.09 bits per heavy atom. The number of hydrogen-bond acceptors (Lipinski definition) is 5. The first kappa shape index (κ1) is 21.1. The van der Waals surface area contributed by atoms with Gasteiger partial charge >= 0.3 is 0 Å². The fraction of sp³-hybridized carbons (Fsp3) is 0.882. The molecule has 0 bridgehead atoms. The first-order valence-electron chi connectivity index (χ1n) is 7.86. The SMILES string of the molecule is COC(C)(C)CCOC(C)(C)C/C(C=NCC(C)(C)C)=N/N. The molecular formula is C17H35N3O2. The van der Waals surface area contributed by atoms with E-state index in [9.17, 15) is 0 Å². The predicted molar refractivity (Wildman–Crippen MR) is 94.8 cm³/mol. The second-order valence-electron chi connectivity index (χ2n) is 8.15. The number of hydrazone groups is 1. The normalized spacial score (nSPS) is 14.8. The van der Waals surface area contributed by atoms with Crippen molar-refractivity contribution in [3.63, 3.8) is 0 Å². The molecule has 0 saturated heterocycles. The molecule has 0 amide bonds. The van der Waals surface area contributed by atoms with Crippen LogP contribution in [0.3, 0.4) is 0 Å². The van der Waals surface area contributed by atoms with Gasteiger partial charge < -0.3 is 15.3 Å². The molecule has 0 aromatic heterocycles. The largest absolute Gasteiger partial charge is 0.379 e. The number of methoxy groups -OCH3 is 1. The lowest BCUT2D eigenvalue weighted by Gasteiger charge is -2.28. The van der Waals surface area contributed by atoms with Crippen molar-refractivity contribution in [1.29, 1.82) is 0 Å². The smallest absolute Gasteiger partial charge is 0.0806 e. The van der Waals surface area contributed by atoms with Crippen molar-refractivity contribution in [3.8, 4) is 0 Å². The lowest BCUT2D eigenvalue weighted by atomic mass is 9.97. The van der Waals surface area contributed by atoms with E-state index >= 15 is 0 Å². The average molecular weight is 313 g/mol. The highest BCUT2D eigenvalue weighted by molar-refractivity contribution is 6.30. The molecule has 0 spiro atoms. The number of ether oxygens (including phenoxy) is 2. The van der Waals surface area contributed by atoms with Crippen LogP contribution < -0.4 is 5.84 Å². The summed E-state index contributed by atoms with van der Waals surface area (Å²) in [6.07, 6.45) is 3.22. The molecular weight excluding hydrogens is 278 g/mol. The van der Waals surface area contributed by atoms with Crippen LogP contribution in [0, 0.1) is 5.41 Å². The van der Waals surface area contributed by atoms with E-state index in [4.69, 9.17) is 15.3 Å². The van der Waals surface area contributed by atoms with Gasteiger partial charge in [-0.25, -0.2) is 0 Å². The highest BCUT2D eigenvalue weighted by atomic mass is 16.5. The van der Waals surface area contributed by atoms with E-state index in [-0.39, 0.29) is 16.6 Å². The zero-order valence-electron chi connectivity index (χ0n) is 15.7. The van der Waals surface area contributed by atoms with Crippen molar-refractivity contribution in [3.05, 3.63) is 0 Å². The monoisotopic (exact) mass is 313 g/mol. The Morgan fingerprint density at radius 2 is 1.64 bits per heavy atom. The number of nitrogens with two attached hydrogens (primary N) is 1. The summed E-state index contributed by atoms with van der Waals surface area (Å²) in [4.78, 5) is 4.42. The Kier molecular flexibility index (Phi) is 8.26. The minimum atomic E-state index is -0.338. The van der Waals surface area contributed by atoms with E-state index in [1.54, 1.807) is 13.3 Å². The molecule has 0 saturated carbocycles. The topological polar surface area (TPSA) is 69.2 Å². The van der Waals surface area contributed by atoms with Crippen LogP contribution in [0.5, 0.6) is 0 Å². The lowest BCUT2D eigenvalue weighted by Crippen LogP contribution is -2.32. The fourth-order valence-electron chi connectivity index (χ4n) is 1.71. The molecule has 0 fully saturated rings. The molecule has 0 atom stereocenters. The zero-order chi connectivity index (χ0) is 17.4. The van der Waals surface area contributed by atoms with Crippen molar-refractivity contribution in [2.75, 3.05) is 20.3 Å². The molecule has 0 aliphatic heterocycles. The molecule has 0 rings (SSSR count). The third kappa shape index (κ3) is 10.7. The molecule has 22 heavy (non-hydrogen) atoms. The summed E-state index contributed by atoms with van der Waals surface area (Å²) in [5.74, 6) is 5.47. The molecule has 0 aromatic rings. The van der Waals surface area contributed by atoms with E-state index in [1.165, 1.54) is 0 Å². The predicted octanol–water partition coefficient (Wildman–Crippen LogP) is 3.42. The van der Waals surface area contributed by atoms with Crippen LogP contribution in [0.2, 0.25) is 0 Å². The average Bonchev–Trinajstić information content (AvgIpc) is 2.35. The van der Waals surface area contributed by atoms with E-state index in [1.807, 2.05) is 13.8 Å². The summed E-state index contributed by atoms with van der Waals surface area (Å²) < 4.78 is 11.4. The lowest BCUT2D eigenvalue weighted by molar-refractivity contribution is -0.0545. The number of nitrogens with zero attached hydrogens (tertiary/aromatic N) is 2. The van der Waals surface area contributed by atoms with Gasteiger partial charge in [0.25, 0.3) is 0 Å². The fourth-order valence-corrected chi connectivity index (χ4v) is 1.71. The molecule has 0 unspecified atom stereocenters. The number of rotatable bonds is 9. The van der Waals surface area contributed by atoms with Crippen LogP contribution >= 0.6 is 0 Å². The van der Waals surface area contributed by atoms with Gasteiger partial charge in [-0.15, -0.1) is 0 Å². The Morgan fingerprint density at radius 1 is 1.05 bits per heavy atom. The molecule has 0 aromatic carbocycles. The van der Waals surface area contributed by atoms with Crippen LogP contribution in [0.25, 0.3) is 0 Å². The Labute approximate surface area is 136 Å². The van der Waals surface area contributed by atoms with E-state index in [0.29, 0.717) is 13.0 Å². The quantitative estimate of drug-likeness (QED) is 0.403. The Balaban J connectivity index is 4.42. The maximum absolute atomic E-state index is 5.97. The first-order chi connectivity index (χ1) is 9.91. The molecule has 5 nitrogen and oxygen atoms in total. The molecule has 0 radical (unpaired) electrons. The Hall–Kier alpha value is -0.940. The summed E-state index contributed by atoms with van der Waals surface area (Å²) in [5.41, 5.74) is 0.402. The first-order valence-corrected chi connectivity index (χ1v) is 7.86. The van der Waals surface area contributed by atoms with Gasteiger partial charge in [-0.3, -0.25) is 4.99 Å². The van der Waals surface area contributed by atoms with Gasteiger partial charge in [0, 0.05) is 26.3 Å². The number of hydrogen-bond donors (Lipinski definition) is 1. The zero-order valence-corrected chi connectivity index (χ0v) is 15.7. The minimum absolute atomic E-state index is 0.161. The van der Waals surface area contributed by atoms with Crippen molar-refractivity contribution in [2.24, 2.45) is 21.4 Å². The van der Waals surface area contributed by atoms with Crippen molar-refractivity contribution in [2.45, 2.75) is 72.5 Å². The van der Waals surface area contributed by atoms with Crippen molar-refractivity contribution >= 4 is 11.9 Å². The Bertz CT molecular complexity index is 380. The van der Waals surface area contributed by atoms with Gasteiger partial charge in [-0.2, -0.15) is 5.10 Å². The van der Waals surface area contributed by atoms with Gasteiger partial charge in [-0.1, -0.05) is 20.8 Å².